The van der Waals surface area contributed by atoms with Crippen LogP contribution in [0, 0.1) is 0 Å². The van der Waals surface area contributed by atoms with Gasteiger partial charge in [-0.15, -0.1) is 0 Å². The van der Waals surface area contributed by atoms with Crippen molar-refractivity contribution in [3.63, 3.8) is 0 Å². The summed E-state index contributed by atoms with van der Waals surface area (Å²) in [6.45, 7) is 6.10. The summed E-state index contributed by atoms with van der Waals surface area (Å²) < 4.78 is 10.4. The highest BCUT2D eigenvalue weighted by molar-refractivity contribution is 5.69. The summed E-state index contributed by atoms with van der Waals surface area (Å²) in [7, 11) is 0. The van der Waals surface area contributed by atoms with Gasteiger partial charge < -0.3 is 9.15 Å². The van der Waals surface area contributed by atoms with Crippen LogP contribution < -0.4 is 0 Å². The zero-order valence-electron chi connectivity index (χ0n) is 10.9. The first kappa shape index (κ1) is 12.7. The van der Waals surface area contributed by atoms with E-state index in [1.807, 2.05) is 32.9 Å². The lowest BCUT2D eigenvalue weighted by atomic mass is 10.1. The fourth-order valence-corrected chi connectivity index (χ4v) is 1.86. The number of carbonyl (C=O) groups is 1. The first-order chi connectivity index (χ1) is 8.47. The molecule has 1 aliphatic rings. The summed E-state index contributed by atoms with van der Waals surface area (Å²) in [6.07, 6.45) is 7.36. The van der Waals surface area contributed by atoms with Gasteiger partial charge in [0.2, 0.25) is 0 Å². The summed E-state index contributed by atoms with van der Waals surface area (Å²) >= 11 is 0. The molecule has 0 saturated heterocycles. The molecule has 2 heterocycles. The number of hydrogen-bond donors (Lipinski definition) is 0. The van der Waals surface area contributed by atoms with Crippen molar-refractivity contribution in [3.05, 3.63) is 30.5 Å². The maximum Gasteiger partial charge on any atom is 0.411 e. The third kappa shape index (κ3) is 2.91. The molecule has 2 rings (SSSR count). The number of hydrogen-bond acceptors (Lipinski definition) is 4. The molecule has 18 heavy (non-hydrogen) atoms. The molecule has 1 aliphatic heterocycles. The van der Waals surface area contributed by atoms with Gasteiger partial charge in [-0.25, -0.2) is 9.78 Å². The van der Waals surface area contributed by atoms with Crippen LogP contribution in [0.4, 0.5) is 4.79 Å². The summed E-state index contributed by atoms with van der Waals surface area (Å²) in [6, 6.07) is -0.108. The van der Waals surface area contributed by atoms with E-state index < -0.39 is 5.60 Å². The van der Waals surface area contributed by atoms with E-state index >= 15 is 0 Å². The van der Waals surface area contributed by atoms with Crippen LogP contribution in [0.15, 0.2) is 29.2 Å². The molecule has 1 unspecified atom stereocenters. The third-order valence-electron chi connectivity index (χ3n) is 2.63. The van der Waals surface area contributed by atoms with Gasteiger partial charge in [0.25, 0.3) is 0 Å². The van der Waals surface area contributed by atoms with E-state index in [1.165, 1.54) is 6.39 Å². The van der Waals surface area contributed by atoms with Gasteiger partial charge in [-0.05, 0) is 27.2 Å². The average molecular weight is 250 g/mol. The van der Waals surface area contributed by atoms with Crippen LogP contribution in [0.3, 0.4) is 0 Å². The minimum absolute atomic E-state index is 0.108. The van der Waals surface area contributed by atoms with Crippen LogP contribution in [0.25, 0.3) is 0 Å². The molecule has 1 aromatic rings. The van der Waals surface area contributed by atoms with Gasteiger partial charge in [0.1, 0.15) is 17.6 Å². The molecule has 1 aromatic heterocycles. The molecule has 0 N–H and O–H groups in total. The van der Waals surface area contributed by atoms with Crippen molar-refractivity contribution in [3.8, 4) is 0 Å². The molecule has 5 heteroatoms. The van der Waals surface area contributed by atoms with Crippen LogP contribution in [0.5, 0.6) is 0 Å². The van der Waals surface area contributed by atoms with Crippen molar-refractivity contribution in [2.45, 2.75) is 38.8 Å². The summed E-state index contributed by atoms with van der Waals surface area (Å²) in [5.74, 6) is 0. The first-order valence-corrected chi connectivity index (χ1v) is 6.00. The predicted octanol–water partition coefficient (Wildman–Crippen LogP) is 2.91. The largest absolute Gasteiger partial charge is 0.451 e. The van der Waals surface area contributed by atoms with Crippen molar-refractivity contribution in [2.24, 2.45) is 0 Å². The summed E-state index contributed by atoms with van der Waals surface area (Å²) in [4.78, 5) is 17.9. The van der Waals surface area contributed by atoms with Gasteiger partial charge in [0.15, 0.2) is 6.39 Å². The fraction of sp³-hybridized carbons (Fsp3) is 0.538. The Balaban J connectivity index is 2.14. The molecule has 0 bridgehead atoms. The maximum absolute atomic E-state index is 12.1. The zero-order chi connectivity index (χ0) is 13.2. The molecule has 0 spiro atoms. The van der Waals surface area contributed by atoms with Gasteiger partial charge in [-0.1, -0.05) is 12.2 Å². The lowest BCUT2D eigenvalue weighted by Gasteiger charge is -2.33. The highest BCUT2D eigenvalue weighted by Crippen LogP contribution is 2.28. The van der Waals surface area contributed by atoms with E-state index in [2.05, 4.69) is 4.98 Å². The fourth-order valence-electron chi connectivity index (χ4n) is 1.86. The lowest BCUT2D eigenvalue weighted by Crippen LogP contribution is -2.40. The van der Waals surface area contributed by atoms with Gasteiger partial charge in [-0.2, -0.15) is 0 Å². The van der Waals surface area contributed by atoms with Crippen molar-refractivity contribution >= 4 is 6.09 Å². The Morgan fingerprint density at radius 3 is 2.89 bits per heavy atom. The van der Waals surface area contributed by atoms with Crippen LogP contribution in [-0.2, 0) is 4.74 Å². The summed E-state index contributed by atoms with van der Waals surface area (Å²) in [5, 5.41) is 0. The number of oxazole rings is 1. The molecular weight excluding hydrogens is 232 g/mol. The Labute approximate surface area is 106 Å². The second-order valence-corrected chi connectivity index (χ2v) is 5.27. The normalized spacial score (nSPS) is 19.9. The second-order valence-electron chi connectivity index (χ2n) is 5.27. The van der Waals surface area contributed by atoms with E-state index in [9.17, 15) is 4.79 Å². The Morgan fingerprint density at radius 1 is 1.50 bits per heavy atom. The predicted molar refractivity (Wildman–Crippen MR) is 65.9 cm³/mol. The van der Waals surface area contributed by atoms with Crippen LogP contribution >= 0.6 is 0 Å². The smallest absolute Gasteiger partial charge is 0.411 e. The van der Waals surface area contributed by atoms with Crippen LogP contribution in [0.1, 0.15) is 38.9 Å². The van der Waals surface area contributed by atoms with E-state index in [1.54, 1.807) is 11.2 Å². The van der Waals surface area contributed by atoms with E-state index in [0.717, 1.165) is 12.1 Å². The molecule has 0 radical (unpaired) electrons. The minimum Gasteiger partial charge on any atom is -0.451 e. The Hall–Kier alpha value is -1.78. The summed E-state index contributed by atoms with van der Waals surface area (Å²) in [5.41, 5.74) is 0.261. The zero-order valence-corrected chi connectivity index (χ0v) is 10.9. The molecule has 1 amide bonds. The van der Waals surface area contributed by atoms with E-state index in [4.69, 9.17) is 9.15 Å². The number of rotatable bonds is 1. The topological polar surface area (TPSA) is 55.6 Å². The molecular formula is C13H18N2O3. The molecule has 0 fully saturated rings. The van der Waals surface area contributed by atoms with E-state index in [-0.39, 0.29) is 12.1 Å². The Kier molecular flexibility index (Phi) is 3.41. The SMILES string of the molecule is CC(C)(C)OC(=O)N1CC=CCC1c1cocn1. The standard InChI is InChI=1S/C13H18N2O3/c1-13(2,3)18-12(16)15-7-5-4-6-11(15)10-8-17-9-14-10/h4-5,8-9,11H,6-7H2,1-3H3. The molecule has 0 aliphatic carbocycles. The third-order valence-corrected chi connectivity index (χ3v) is 2.63. The quantitative estimate of drug-likeness (QED) is 0.719. The number of nitrogens with zero attached hydrogens (tertiary/aromatic N) is 2. The minimum atomic E-state index is -0.493. The number of carbonyl (C=O) groups excluding carboxylic acids is 1. The highest BCUT2D eigenvalue weighted by atomic mass is 16.6. The van der Waals surface area contributed by atoms with Crippen molar-refractivity contribution < 1.29 is 13.9 Å². The Morgan fingerprint density at radius 2 is 2.28 bits per heavy atom. The number of ether oxygens (including phenoxy) is 1. The van der Waals surface area contributed by atoms with Crippen LogP contribution in [0.2, 0.25) is 0 Å². The van der Waals surface area contributed by atoms with Crippen molar-refractivity contribution in [2.75, 3.05) is 6.54 Å². The number of aromatic nitrogens is 1. The molecule has 5 nitrogen and oxygen atoms in total. The number of amides is 1. The highest BCUT2D eigenvalue weighted by Gasteiger charge is 2.30. The van der Waals surface area contributed by atoms with Gasteiger partial charge in [-0.3, -0.25) is 4.90 Å². The first-order valence-electron chi connectivity index (χ1n) is 6.00. The monoisotopic (exact) mass is 250 g/mol. The molecule has 1 atom stereocenters. The molecule has 98 valence electrons. The van der Waals surface area contributed by atoms with Gasteiger partial charge >= 0.3 is 6.09 Å². The lowest BCUT2D eigenvalue weighted by molar-refractivity contribution is 0.0172. The molecule has 0 aromatic carbocycles. The van der Waals surface area contributed by atoms with Crippen LogP contribution in [-0.4, -0.2) is 28.1 Å². The van der Waals surface area contributed by atoms with Gasteiger partial charge in [0.05, 0.1) is 6.04 Å². The maximum atomic E-state index is 12.1. The Bertz CT molecular complexity index is 432. The average Bonchev–Trinajstić information content (AvgIpc) is 2.80. The molecule has 0 saturated carbocycles. The van der Waals surface area contributed by atoms with Crippen molar-refractivity contribution in [1.82, 2.24) is 9.88 Å². The van der Waals surface area contributed by atoms with E-state index in [0.29, 0.717) is 6.54 Å². The van der Waals surface area contributed by atoms with Gasteiger partial charge in [0, 0.05) is 6.54 Å². The second kappa shape index (κ2) is 4.84. The van der Waals surface area contributed by atoms with Crippen molar-refractivity contribution in [1.29, 1.82) is 0 Å².